The summed E-state index contributed by atoms with van der Waals surface area (Å²) in [5.74, 6) is 0. The average Bonchev–Trinajstić information content (AvgIpc) is 2.76. The lowest BCUT2D eigenvalue weighted by Crippen LogP contribution is -2.46. The number of halogens is 4. The third kappa shape index (κ3) is 3.32. The van der Waals surface area contributed by atoms with E-state index in [1.54, 1.807) is 0 Å². The van der Waals surface area contributed by atoms with E-state index in [9.17, 15) is 13.2 Å². The zero-order valence-electron chi connectivity index (χ0n) is 10.1. The second-order valence-corrected chi connectivity index (χ2v) is 5.07. The SMILES string of the molecule is NCC1(Nc2cc(Cl)cc(C(F)(F)F)c2)CCOC1. The van der Waals surface area contributed by atoms with E-state index in [1.165, 1.54) is 6.07 Å². The van der Waals surface area contributed by atoms with Gasteiger partial charge in [0.05, 0.1) is 17.7 Å². The summed E-state index contributed by atoms with van der Waals surface area (Å²) in [6.07, 6.45) is -3.78. The fourth-order valence-corrected chi connectivity index (χ4v) is 2.28. The molecule has 1 aliphatic heterocycles. The first-order valence-electron chi connectivity index (χ1n) is 5.78. The van der Waals surface area contributed by atoms with Crippen molar-refractivity contribution in [1.29, 1.82) is 0 Å². The number of alkyl halides is 3. The lowest BCUT2D eigenvalue weighted by Gasteiger charge is -2.28. The van der Waals surface area contributed by atoms with Crippen LogP contribution >= 0.6 is 11.6 Å². The second-order valence-electron chi connectivity index (χ2n) is 4.64. The second kappa shape index (κ2) is 5.19. The average molecular weight is 295 g/mol. The predicted molar refractivity (Wildman–Crippen MR) is 67.3 cm³/mol. The van der Waals surface area contributed by atoms with Crippen LogP contribution in [0, 0.1) is 0 Å². The number of nitrogens with two attached hydrogens (primary N) is 1. The molecule has 3 nitrogen and oxygen atoms in total. The van der Waals surface area contributed by atoms with Gasteiger partial charge >= 0.3 is 6.18 Å². The summed E-state index contributed by atoms with van der Waals surface area (Å²) in [5, 5.41) is 3.05. The lowest BCUT2D eigenvalue weighted by atomic mass is 9.98. The van der Waals surface area contributed by atoms with Crippen molar-refractivity contribution in [3.8, 4) is 0 Å². The fraction of sp³-hybridized carbons (Fsp3) is 0.500. The molecule has 19 heavy (non-hydrogen) atoms. The van der Waals surface area contributed by atoms with E-state index in [4.69, 9.17) is 22.1 Å². The van der Waals surface area contributed by atoms with Crippen molar-refractivity contribution in [1.82, 2.24) is 0 Å². The number of hydrogen-bond acceptors (Lipinski definition) is 3. The van der Waals surface area contributed by atoms with Crippen LogP contribution in [-0.4, -0.2) is 25.3 Å². The first-order chi connectivity index (χ1) is 8.85. The monoisotopic (exact) mass is 294 g/mol. The summed E-state index contributed by atoms with van der Waals surface area (Å²) in [4.78, 5) is 0. The van der Waals surface area contributed by atoms with Crippen LogP contribution in [0.1, 0.15) is 12.0 Å². The summed E-state index contributed by atoms with van der Waals surface area (Å²) >= 11 is 5.73. The van der Waals surface area contributed by atoms with Crippen LogP contribution in [0.25, 0.3) is 0 Å². The first kappa shape index (κ1) is 14.4. The van der Waals surface area contributed by atoms with Gasteiger partial charge in [0, 0.05) is 23.9 Å². The minimum Gasteiger partial charge on any atom is -0.379 e. The van der Waals surface area contributed by atoms with Crippen LogP contribution in [0.5, 0.6) is 0 Å². The minimum absolute atomic E-state index is 0.0309. The smallest absolute Gasteiger partial charge is 0.379 e. The van der Waals surface area contributed by atoms with Gasteiger partial charge < -0.3 is 15.8 Å². The molecular weight excluding hydrogens is 281 g/mol. The molecule has 106 valence electrons. The van der Waals surface area contributed by atoms with E-state index in [1.807, 2.05) is 0 Å². The molecule has 0 radical (unpaired) electrons. The van der Waals surface area contributed by atoms with Gasteiger partial charge in [0.15, 0.2) is 0 Å². The molecule has 1 atom stereocenters. The molecule has 3 N–H and O–H groups in total. The molecule has 0 amide bonds. The van der Waals surface area contributed by atoms with E-state index < -0.39 is 17.3 Å². The van der Waals surface area contributed by atoms with Gasteiger partial charge in [-0.1, -0.05) is 11.6 Å². The van der Waals surface area contributed by atoms with Crippen molar-refractivity contribution in [3.05, 3.63) is 28.8 Å². The molecule has 1 saturated heterocycles. The van der Waals surface area contributed by atoms with E-state index in [-0.39, 0.29) is 11.6 Å². The predicted octanol–water partition coefficient (Wildman–Crippen LogP) is 2.89. The van der Waals surface area contributed by atoms with Crippen molar-refractivity contribution >= 4 is 17.3 Å². The molecule has 1 aromatic carbocycles. The maximum atomic E-state index is 12.7. The zero-order valence-corrected chi connectivity index (χ0v) is 10.8. The lowest BCUT2D eigenvalue weighted by molar-refractivity contribution is -0.137. The summed E-state index contributed by atoms with van der Waals surface area (Å²) in [7, 11) is 0. The molecule has 1 unspecified atom stereocenters. The number of ether oxygens (including phenoxy) is 1. The van der Waals surface area contributed by atoms with Crippen LogP contribution in [0.4, 0.5) is 18.9 Å². The molecule has 0 aliphatic carbocycles. The van der Waals surface area contributed by atoms with Crippen LogP contribution in [-0.2, 0) is 10.9 Å². The number of nitrogens with one attached hydrogen (secondary N) is 1. The van der Waals surface area contributed by atoms with Crippen LogP contribution in [0.3, 0.4) is 0 Å². The van der Waals surface area contributed by atoms with Gasteiger partial charge in [-0.15, -0.1) is 0 Å². The quantitative estimate of drug-likeness (QED) is 0.901. The summed E-state index contributed by atoms with van der Waals surface area (Å²) in [6.45, 7) is 1.19. The Morgan fingerprint density at radius 2 is 2.11 bits per heavy atom. The van der Waals surface area contributed by atoms with Gasteiger partial charge in [0.2, 0.25) is 0 Å². The molecule has 1 aliphatic rings. The zero-order chi connectivity index (χ0) is 14.1. The maximum absolute atomic E-state index is 12.7. The van der Waals surface area contributed by atoms with Gasteiger partial charge in [-0.25, -0.2) is 0 Å². The van der Waals surface area contributed by atoms with Crippen LogP contribution in [0.15, 0.2) is 18.2 Å². The molecule has 1 aromatic rings. The number of rotatable bonds is 3. The molecule has 0 spiro atoms. The summed E-state index contributed by atoms with van der Waals surface area (Å²) < 4.78 is 43.4. The van der Waals surface area contributed by atoms with Gasteiger partial charge in [0.25, 0.3) is 0 Å². The topological polar surface area (TPSA) is 47.3 Å². The summed E-state index contributed by atoms with van der Waals surface area (Å²) in [5.41, 5.74) is 4.68. The largest absolute Gasteiger partial charge is 0.416 e. The minimum atomic E-state index is -4.43. The Bertz CT molecular complexity index is 459. The Morgan fingerprint density at radius 1 is 1.37 bits per heavy atom. The Morgan fingerprint density at radius 3 is 2.63 bits per heavy atom. The van der Waals surface area contributed by atoms with E-state index in [0.717, 1.165) is 12.1 Å². The Kier molecular flexibility index (Phi) is 3.94. The highest BCUT2D eigenvalue weighted by Crippen LogP contribution is 2.34. The van der Waals surface area contributed by atoms with Crippen LogP contribution < -0.4 is 11.1 Å². The summed E-state index contributed by atoms with van der Waals surface area (Å²) in [6, 6.07) is 3.38. The van der Waals surface area contributed by atoms with Gasteiger partial charge in [-0.2, -0.15) is 13.2 Å². The van der Waals surface area contributed by atoms with E-state index in [0.29, 0.717) is 25.3 Å². The van der Waals surface area contributed by atoms with Crippen molar-refractivity contribution in [2.45, 2.75) is 18.1 Å². The maximum Gasteiger partial charge on any atom is 0.416 e. The Hall–Kier alpha value is -0.980. The molecular formula is C12H14ClF3N2O. The standard InChI is InChI=1S/C12H14ClF3N2O/c13-9-3-8(12(14,15)16)4-10(5-9)18-11(6-17)1-2-19-7-11/h3-5,18H,1-2,6-7,17H2. The molecule has 0 aromatic heterocycles. The Labute approximate surface area is 113 Å². The van der Waals surface area contributed by atoms with Crippen molar-refractivity contribution in [2.75, 3.05) is 25.1 Å². The normalized spacial score (nSPS) is 23.6. The molecule has 7 heteroatoms. The van der Waals surface area contributed by atoms with Crippen molar-refractivity contribution in [2.24, 2.45) is 5.73 Å². The van der Waals surface area contributed by atoms with Gasteiger partial charge in [-0.05, 0) is 24.6 Å². The van der Waals surface area contributed by atoms with Crippen molar-refractivity contribution < 1.29 is 17.9 Å². The molecule has 0 bridgehead atoms. The van der Waals surface area contributed by atoms with E-state index in [2.05, 4.69) is 5.32 Å². The number of anilines is 1. The van der Waals surface area contributed by atoms with Gasteiger partial charge in [0.1, 0.15) is 0 Å². The highest BCUT2D eigenvalue weighted by Gasteiger charge is 2.35. The highest BCUT2D eigenvalue weighted by molar-refractivity contribution is 6.30. The number of benzene rings is 1. The molecule has 0 saturated carbocycles. The highest BCUT2D eigenvalue weighted by atomic mass is 35.5. The Balaban J connectivity index is 2.27. The van der Waals surface area contributed by atoms with Gasteiger partial charge in [-0.3, -0.25) is 0 Å². The first-order valence-corrected chi connectivity index (χ1v) is 6.16. The molecule has 2 rings (SSSR count). The fourth-order valence-electron chi connectivity index (χ4n) is 2.05. The van der Waals surface area contributed by atoms with Crippen molar-refractivity contribution in [3.63, 3.8) is 0 Å². The molecule has 1 heterocycles. The van der Waals surface area contributed by atoms with E-state index >= 15 is 0 Å². The van der Waals surface area contributed by atoms with Crippen LogP contribution in [0.2, 0.25) is 5.02 Å². The third-order valence-corrected chi connectivity index (χ3v) is 3.35. The number of hydrogen-bond donors (Lipinski definition) is 2. The molecule has 1 fully saturated rings. The third-order valence-electron chi connectivity index (χ3n) is 3.13.